The first-order valence-corrected chi connectivity index (χ1v) is 7.34. The number of hydrogen-bond donors (Lipinski definition) is 1. The molecule has 8 nitrogen and oxygen atoms in total. The highest BCUT2D eigenvalue weighted by Gasteiger charge is 2.11. The number of carbonyl (C=O) groups excluding carboxylic acids is 2. The van der Waals surface area contributed by atoms with Gasteiger partial charge in [-0.15, -0.1) is 0 Å². The number of amides is 1. The summed E-state index contributed by atoms with van der Waals surface area (Å²) in [5.41, 5.74) is 2.42. The van der Waals surface area contributed by atoms with Crippen molar-refractivity contribution < 1.29 is 14.1 Å². The number of aromatic nitrogens is 4. The van der Waals surface area contributed by atoms with Crippen molar-refractivity contribution in [1.29, 1.82) is 0 Å². The zero-order valence-electron chi connectivity index (χ0n) is 12.8. The van der Waals surface area contributed by atoms with Crippen LogP contribution in [0.1, 0.15) is 20.9 Å². The van der Waals surface area contributed by atoms with Gasteiger partial charge in [-0.1, -0.05) is 5.16 Å². The topological polar surface area (TPSA) is 103 Å². The second-order valence-electron chi connectivity index (χ2n) is 5.25. The normalized spacial score (nSPS) is 10.7. The molecular weight excluding hydrogens is 322 g/mol. The van der Waals surface area contributed by atoms with Gasteiger partial charge in [0.25, 0.3) is 5.91 Å². The molecular formula is C17H11N5O3. The first-order chi connectivity index (χ1) is 12.2. The van der Waals surface area contributed by atoms with Crippen molar-refractivity contribution in [3.63, 3.8) is 0 Å². The summed E-state index contributed by atoms with van der Waals surface area (Å²) in [5, 5.41) is 7.03. The molecule has 0 saturated heterocycles. The van der Waals surface area contributed by atoms with Crippen LogP contribution in [0, 0.1) is 0 Å². The lowest BCUT2D eigenvalue weighted by molar-refractivity contribution is 0.0987. The summed E-state index contributed by atoms with van der Waals surface area (Å²) in [4.78, 5) is 31.4. The maximum absolute atomic E-state index is 12.0. The van der Waals surface area contributed by atoms with E-state index in [1.54, 1.807) is 18.3 Å². The van der Waals surface area contributed by atoms with Gasteiger partial charge in [0.2, 0.25) is 5.76 Å². The van der Waals surface area contributed by atoms with Gasteiger partial charge in [-0.05, 0) is 18.2 Å². The van der Waals surface area contributed by atoms with Crippen LogP contribution >= 0.6 is 0 Å². The van der Waals surface area contributed by atoms with E-state index < -0.39 is 5.91 Å². The lowest BCUT2D eigenvalue weighted by atomic mass is 10.2. The largest absolute Gasteiger partial charge is 0.351 e. The molecule has 0 aliphatic rings. The summed E-state index contributed by atoms with van der Waals surface area (Å²) in [5.74, 6) is -0.303. The van der Waals surface area contributed by atoms with E-state index in [1.807, 2.05) is 16.8 Å². The van der Waals surface area contributed by atoms with Crippen molar-refractivity contribution in [1.82, 2.24) is 19.7 Å². The predicted octanol–water partition coefficient (Wildman–Crippen LogP) is 2.47. The van der Waals surface area contributed by atoms with E-state index in [0.29, 0.717) is 16.9 Å². The van der Waals surface area contributed by atoms with Gasteiger partial charge in [0, 0.05) is 29.4 Å². The predicted molar refractivity (Wildman–Crippen MR) is 88.7 cm³/mol. The Kier molecular flexibility index (Phi) is 3.55. The molecule has 0 bridgehead atoms. The fourth-order valence-electron chi connectivity index (χ4n) is 2.47. The Bertz CT molecular complexity index is 1070. The van der Waals surface area contributed by atoms with E-state index >= 15 is 0 Å². The third-order valence-electron chi connectivity index (χ3n) is 3.61. The van der Waals surface area contributed by atoms with Crippen LogP contribution in [-0.2, 0) is 0 Å². The first kappa shape index (κ1) is 14.8. The molecule has 0 aliphatic carbocycles. The average molecular weight is 333 g/mol. The Labute approximate surface area is 141 Å². The van der Waals surface area contributed by atoms with Gasteiger partial charge >= 0.3 is 0 Å². The van der Waals surface area contributed by atoms with Gasteiger partial charge in [-0.2, -0.15) is 0 Å². The summed E-state index contributed by atoms with van der Waals surface area (Å²) >= 11 is 0. The zero-order valence-corrected chi connectivity index (χ0v) is 12.8. The Morgan fingerprint density at radius 2 is 2.12 bits per heavy atom. The molecule has 0 aliphatic heterocycles. The van der Waals surface area contributed by atoms with Crippen LogP contribution in [0.25, 0.3) is 16.7 Å². The van der Waals surface area contributed by atoms with Gasteiger partial charge in [0.15, 0.2) is 6.29 Å². The number of aldehydes is 1. The quantitative estimate of drug-likeness (QED) is 0.576. The maximum atomic E-state index is 12.0. The standard InChI is InChI=1S/C17H11N5O3/c23-10-11-5-12-2-4-22(16(12)19-7-11)14-6-13(8-18-9-14)21-17(24)15-1-3-20-25-15/h1-10H,(H,21,24). The molecule has 1 amide bonds. The van der Waals surface area contributed by atoms with Gasteiger partial charge < -0.3 is 9.84 Å². The van der Waals surface area contributed by atoms with Crippen molar-refractivity contribution in [3.05, 3.63) is 66.6 Å². The molecule has 0 fully saturated rings. The third kappa shape index (κ3) is 2.76. The number of fused-ring (bicyclic) bond motifs is 1. The fraction of sp³-hybridized carbons (Fsp3) is 0. The summed E-state index contributed by atoms with van der Waals surface area (Å²) < 4.78 is 6.64. The second-order valence-corrected chi connectivity index (χ2v) is 5.25. The summed E-state index contributed by atoms with van der Waals surface area (Å²) in [7, 11) is 0. The van der Waals surface area contributed by atoms with E-state index in [4.69, 9.17) is 4.52 Å². The highest BCUT2D eigenvalue weighted by Crippen LogP contribution is 2.21. The zero-order chi connectivity index (χ0) is 17.2. The number of pyridine rings is 2. The number of anilines is 1. The van der Waals surface area contributed by atoms with E-state index in [2.05, 4.69) is 20.4 Å². The van der Waals surface area contributed by atoms with Crippen molar-refractivity contribution in [2.75, 3.05) is 5.32 Å². The molecule has 4 aromatic rings. The molecule has 25 heavy (non-hydrogen) atoms. The Hall–Kier alpha value is -3.81. The van der Waals surface area contributed by atoms with E-state index in [-0.39, 0.29) is 5.76 Å². The smallest absolute Gasteiger partial charge is 0.294 e. The van der Waals surface area contributed by atoms with Crippen LogP contribution in [0.4, 0.5) is 5.69 Å². The van der Waals surface area contributed by atoms with Crippen molar-refractivity contribution >= 4 is 28.9 Å². The van der Waals surface area contributed by atoms with Gasteiger partial charge in [0.1, 0.15) is 5.65 Å². The Morgan fingerprint density at radius 1 is 1.20 bits per heavy atom. The third-order valence-corrected chi connectivity index (χ3v) is 3.61. The lowest BCUT2D eigenvalue weighted by Gasteiger charge is -2.07. The molecule has 4 aromatic heterocycles. The molecule has 8 heteroatoms. The monoisotopic (exact) mass is 333 g/mol. The molecule has 0 unspecified atom stereocenters. The minimum Gasteiger partial charge on any atom is -0.351 e. The molecule has 4 heterocycles. The number of hydrogen-bond acceptors (Lipinski definition) is 6. The SMILES string of the molecule is O=Cc1cnc2c(ccn2-c2cncc(NC(=O)c3ccno3)c2)c1. The Morgan fingerprint density at radius 3 is 2.92 bits per heavy atom. The number of carbonyl (C=O) groups is 2. The maximum Gasteiger partial charge on any atom is 0.294 e. The second kappa shape index (κ2) is 6.00. The molecule has 0 atom stereocenters. The van der Waals surface area contributed by atoms with Crippen LogP contribution in [0.3, 0.4) is 0 Å². The van der Waals surface area contributed by atoms with Gasteiger partial charge in [-0.25, -0.2) is 4.98 Å². The van der Waals surface area contributed by atoms with E-state index in [0.717, 1.165) is 17.4 Å². The summed E-state index contributed by atoms with van der Waals surface area (Å²) in [6, 6.07) is 6.85. The summed E-state index contributed by atoms with van der Waals surface area (Å²) in [6.45, 7) is 0. The highest BCUT2D eigenvalue weighted by molar-refractivity contribution is 6.02. The fourth-order valence-corrected chi connectivity index (χ4v) is 2.47. The summed E-state index contributed by atoms with van der Waals surface area (Å²) in [6.07, 6.45) is 8.67. The number of rotatable bonds is 4. The first-order valence-electron chi connectivity index (χ1n) is 7.34. The van der Waals surface area contributed by atoms with Crippen LogP contribution < -0.4 is 5.32 Å². The van der Waals surface area contributed by atoms with Crippen LogP contribution in [0.2, 0.25) is 0 Å². The van der Waals surface area contributed by atoms with Crippen LogP contribution in [0.15, 0.2) is 59.8 Å². The van der Waals surface area contributed by atoms with Crippen molar-refractivity contribution in [2.45, 2.75) is 0 Å². The number of nitrogens with one attached hydrogen (secondary N) is 1. The molecule has 1 N–H and O–H groups in total. The van der Waals surface area contributed by atoms with Gasteiger partial charge in [-0.3, -0.25) is 19.1 Å². The van der Waals surface area contributed by atoms with Crippen LogP contribution in [0.5, 0.6) is 0 Å². The number of nitrogens with zero attached hydrogens (tertiary/aromatic N) is 4. The van der Waals surface area contributed by atoms with Crippen LogP contribution in [-0.4, -0.2) is 31.9 Å². The molecule has 0 spiro atoms. The van der Waals surface area contributed by atoms with Crippen molar-refractivity contribution in [2.24, 2.45) is 0 Å². The highest BCUT2D eigenvalue weighted by atomic mass is 16.5. The molecule has 0 aromatic carbocycles. The molecule has 0 saturated carbocycles. The van der Waals surface area contributed by atoms with E-state index in [9.17, 15) is 9.59 Å². The average Bonchev–Trinajstić information content (AvgIpc) is 3.31. The Balaban J connectivity index is 1.67. The van der Waals surface area contributed by atoms with E-state index in [1.165, 1.54) is 24.7 Å². The minimum absolute atomic E-state index is 0.111. The molecule has 4 rings (SSSR count). The van der Waals surface area contributed by atoms with Crippen molar-refractivity contribution in [3.8, 4) is 5.69 Å². The lowest BCUT2D eigenvalue weighted by Crippen LogP contribution is -2.11. The van der Waals surface area contributed by atoms with Gasteiger partial charge in [0.05, 0.1) is 30.0 Å². The molecule has 122 valence electrons. The molecule has 0 radical (unpaired) electrons. The minimum atomic E-state index is -0.414.